The molecule has 0 spiro atoms. The van der Waals surface area contributed by atoms with Gasteiger partial charge in [0.1, 0.15) is 0 Å². The first kappa shape index (κ1) is 13.7. The van der Waals surface area contributed by atoms with E-state index in [0.717, 1.165) is 31.8 Å². The molecule has 0 amide bonds. The molecule has 0 aromatic heterocycles. The summed E-state index contributed by atoms with van der Waals surface area (Å²) in [4.78, 5) is 22.1. The Labute approximate surface area is 101 Å². The van der Waals surface area contributed by atoms with Gasteiger partial charge in [0.05, 0.1) is 5.57 Å². The number of carboxylic acids is 2. The van der Waals surface area contributed by atoms with Crippen LogP contribution in [0.25, 0.3) is 0 Å². The van der Waals surface area contributed by atoms with Gasteiger partial charge < -0.3 is 10.2 Å². The molecule has 0 radical (unpaired) electrons. The maximum atomic E-state index is 11.3. The van der Waals surface area contributed by atoms with Crippen LogP contribution in [0.1, 0.15) is 46.0 Å². The van der Waals surface area contributed by atoms with Crippen molar-refractivity contribution < 1.29 is 19.8 Å². The second kappa shape index (κ2) is 5.34. The van der Waals surface area contributed by atoms with E-state index in [4.69, 9.17) is 5.11 Å². The highest BCUT2D eigenvalue weighted by atomic mass is 16.4. The zero-order valence-corrected chi connectivity index (χ0v) is 10.4. The molecule has 1 rings (SSSR count). The van der Waals surface area contributed by atoms with Gasteiger partial charge in [-0.05, 0) is 25.2 Å². The van der Waals surface area contributed by atoms with Gasteiger partial charge in [0.15, 0.2) is 0 Å². The van der Waals surface area contributed by atoms with E-state index in [0.29, 0.717) is 6.42 Å². The Hall–Kier alpha value is -1.32. The first-order valence-electron chi connectivity index (χ1n) is 6.16. The molecule has 4 nitrogen and oxygen atoms in total. The van der Waals surface area contributed by atoms with Crippen molar-refractivity contribution in [3.8, 4) is 0 Å². The molecular formula is C13H20O4. The molecule has 2 N–H and O–H groups in total. The average molecular weight is 240 g/mol. The summed E-state index contributed by atoms with van der Waals surface area (Å²) in [6.45, 7) is 3.99. The van der Waals surface area contributed by atoms with E-state index in [-0.39, 0.29) is 11.5 Å². The Morgan fingerprint density at radius 2 is 2.00 bits per heavy atom. The van der Waals surface area contributed by atoms with E-state index in [1.54, 1.807) is 0 Å². The third-order valence-corrected chi connectivity index (χ3v) is 4.12. The van der Waals surface area contributed by atoms with Crippen LogP contribution in [0, 0.1) is 11.3 Å². The highest BCUT2D eigenvalue weighted by molar-refractivity contribution is 5.96. The zero-order valence-electron chi connectivity index (χ0n) is 10.4. The standard InChI is InChI=1S/C13H20O4/c1-3-9-6-5-7-13(9,4-2)10(12(16)17)8-11(14)15/h8-9H,3-7H2,1-2H3,(H,14,15)(H,16,17). The van der Waals surface area contributed by atoms with Crippen LogP contribution in [-0.4, -0.2) is 22.2 Å². The predicted molar refractivity (Wildman–Crippen MR) is 63.7 cm³/mol. The first-order chi connectivity index (χ1) is 7.97. The topological polar surface area (TPSA) is 74.6 Å². The number of carbonyl (C=O) groups is 2. The van der Waals surface area contributed by atoms with Gasteiger partial charge in [-0.2, -0.15) is 0 Å². The normalized spacial score (nSPS) is 29.3. The smallest absolute Gasteiger partial charge is 0.332 e. The van der Waals surface area contributed by atoms with E-state index in [9.17, 15) is 14.7 Å². The Morgan fingerprint density at radius 1 is 1.35 bits per heavy atom. The fourth-order valence-electron chi connectivity index (χ4n) is 3.29. The predicted octanol–water partition coefficient (Wildman–Crippen LogP) is 2.69. The van der Waals surface area contributed by atoms with Gasteiger partial charge in [0, 0.05) is 11.5 Å². The van der Waals surface area contributed by atoms with Crippen molar-refractivity contribution in [3.63, 3.8) is 0 Å². The summed E-state index contributed by atoms with van der Waals surface area (Å²) < 4.78 is 0. The minimum Gasteiger partial charge on any atom is -0.478 e. The molecule has 2 atom stereocenters. The average Bonchev–Trinajstić information content (AvgIpc) is 2.69. The van der Waals surface area contributed by atoms with E-state index < -0.39 is 17.4 Å². The van der Waals surface area contributed by atoms with Crippen molar-refractivity contribution in [1.82, 2.24) is 0 Å². The largest absolute Gasteiger partial charge is 0.478 e. The summed E-state index contributed by atoms with van der Waals surface area (Å²) in [6, 6.07) is 0. The van der Waals surface area contributed by atoms with Crippen molar-refractivity contribution in [1.29, 1.82) is 0 Å². The summed E-state index contributed by atoms with van der Waals surface area (Å²) in [5, 5.41) is 18.1. The SMILES string of the molecule is CCC1CCCC1(CC)C(=CC(=O)O)C(=O)O. The lowest BCUT2D eigenvalue weighted by Crippen LogP contribution is -2.31. The van der Waals surface area contributed by atoms with Gasteiger partial charge in [-0.1, -0.05) is 26.7 Å². The monoisotopic (exact) mass is 240 g/mol. The van der Waals surface area contributed by atoms with Crippen LogP contribution in [0.2, 0.25) is 0 Å². The van der Waals surface area contributed by atoms with Crippen LogP contribution < -0.4 is 0 Å². The lowest BCUT2D eigenvalue weighted by atomic mass is 9.68. The van der Waals surface area contributed by atoms with E-state index in [1.165, 1.54) is 0 Å². The van der Waals surface area contributed by atoms with Gasteiger partial charge in [0.2, 0.25) is 0 Å². The van der Waals surface area contributed by atoms with Crippen LogP contribution in [0.5, 0.6) is 0 Å². The minimum atomic E-state index is -1.17. The Morgan fingerprint density at radius 3 is 2.41 bits per heavy atom. The minimum absolute atomic E-state index is 0.0804. The molecule has 0 aromatic rings. The van der Waals surface area contributed by atoms with Crippen LogP contribution >= 0.6 is 0 Å². The molecule has 1 fully saturated rings. The Bertz CT molecular complexity index is 345. The maximum Gasteiger partial charge on any atom is 0.332 e. The van der Waals surface area contributed by atoms with Crippen molar-refractivity contribution >= 4 is 11.9 Å². The van der Waals surface area contributed by atoms with Crippen LogP contribution in [0.15, 0.2) is 11.6 Å². The van der Waals surface area contributed by atoms with Gasteiger partial charge in [-0.3, -0.25) is 0 Å². The molecule has 0 saturated heterocycles. The number of rotatable bonds is 5. The third-order valence-electron chi connectivity index (χ3n) is 4.12. The highest BCUT2D eigenvalue weighted by Gasteiger charge is 2.45. The fraction of sp³-hybridized carbons (Fsp3) is 0.692. The highest BCUT2D eigenvalue weighted by Crippen LogP contribution is 2.52. The van der Waals surface area contributed by atoms with Crippen molar-refractivity contribution in [2.45, 2.75) is 46.0 Å². The fourth-order valence-corrected chi connectivity index (χ4v) is 3.29. The van der Waals surface area contributed by atoms with Gasteiger partial charge in [-0.25, -0.2) is 9.59 Å². The Balaban J connectivity index is 3.21. The van der Waals surface area contributed by atoms with Crippen LogP contribution in [0.4, 0.5) is 0 Å². The van der Waals surface area contributed by atoms with E-state index in [1.807, 2.05) is 13.8 Å². The third kappa shape index (κ3) is 2.51. The zero-order chi connectivity index (χ0) is 13.1. The molecule has 4 heteroatoms. The quantitative estimate of drug-likeness (QED) is 0.724. The second-order valence-corrected chi connectivity index (χ2v) is 4.71. The molecule has 0 heterocycles. The molecule has 17 heavy (non-hydrogen) atoms. The summed E-state index contributed by atoms with van der Waals surface area (Å²) >= 11 is 0. The Kier molecular flexibility index (Phi) is 4.32. The number of carboxylic acid groups (broad SMARTS) is 2. The van der Waals surface area contributed by atoms with Gasteiger partial charge in [-0.15, -0.1) is 0 Å². The second-order valence-electron chi connectivity index (χ2n) is 4.71. The molecule has 1 aliphatic rings. The van der Waals surface area contributed by atoms with Crippen LogP contribution in [-0.2, 0) is 9.59 Å². The van der Waals surface area contributed by atoms with E-state index >= 15 is 0 Å². The number of hydrogen-bond acceptors (Lipinski definition) is 2. The first-order valence-corrected chi connectivity index (χ1v) is 6.16. The summed E-state index contributed by atoms with van der Waals surface area (Å²) in [5.74, 6) is -1.97. The molecule has 1 aliphatic carbocycles. The molecule has 0 bridgehead atoms. The molecule has 1 saturated carbocycles. The summed E-state index contributed by atoms with van der Waals surface area (Å²) in [6.07, 6.45) is 5.24. The lowest BCUT2D eigenvalue weighted by molar-refractivity contribution is -0.136. The van der Waals surface area contributed by atoms with Gasteiger partial charge >= 0.3 is 11.9 Å². The lowest BCUT2D eigenvalue weighted by Gasteiger charge is -2.34. The van der Waals surface area contributed by atoms with Crippen molar-refractivity contribution in [2.75, 3.05) is 0 Å². The summed E-state index contributed by atoms with van der Waals surface area (Å²) in [7, 11) is 0. The van der Waals surface area contributed by atoms with Crippen molar-refractivity contribution in [2.24, 2.45) is 11.3 Å². The number of hydrogen-bond donors (Lipinski definition) is 2. The molecule has 2 unspecified atom stereocenters. The molecular weight excluding hydrogens is 220 g/mol. The van der Waals surface area contributed by atoms with Crippen molar-refractivity contribution in [3.05, 3.63) is 11.6 Å². The molecule has 0 aliphatic heterocycles. The molecule has 0 aromatic carbocycles. The molecule has 96 valence electrons. The van der Waals surface area contributed by atoms with Gasteiger partial charge in [0.25, 0.3) is 0 Å². The number of aliphatic carboxylic acids is 2. The van der Waals surface area contributed by atoms with E-state index in [2.05, 4.69) is 0 Å². The maximum absolute atomic E-state index is 11.3. The summed E-state index contributed by atoms with van der Waals surface area (Å²) in [5.41, 5.74) is -0.365. The van der Waals surface area contributed by atoms with Crippen LogP contribution in [0.3, 0.4) is 0 Å².